The van der Waals surface area contributed by atoms with Crippen LogP contribution in [0.15, 0.2) is 6.20 Å². The molecule has 94 valence electrons. The van der Waals surface area contributed by atoms with Crippen molar-refractivity contribution < 1.29 is 31.9 Å². The molecule has 0 spiro atoms. The molecule has 1 aromatic rings. The van der Waals surface area contributed by atoms with Crippen LogP contribution < -0.4 is 0 Å². The number of halogens is 5. The minimum atomic E-state index is -5.07. The first-order valence-electron chi connectivity index (χ1n) is 4.24. The highest BCUT2D eigenvalue weighted by Gasteiger charge is 2.39. The summed E-state index contributed by atoms with van der Waals surface area (Å²) in [6.45, 7) is 1.05. The molecule has 1 aromatic heterocycles. The van der Waals surface area contributed by atoms with E-state index in [1.165, 1.54) is 0 Å². The lowest BCUT2D eigenvalue weighted by atomic mass is 10.0. The molecule has 0 aliphatic carbocycles. The Morgan fingerprint density at radius 1 is 1.41 bits per heavy atom. The predicted molar refractivity (Wildman–Crippen MR) is 45.9 cm³/mol. The standard InChI is InChI=1S/C9H6F5NO2/c1-3-5(8(16)17)6(7(10)11)4(2-15-3)9(12,13)14/h2,7H,1H3,(H,16,17). The molecule has 0 bridgehead atoms. The fourth-order valence-corrected chi connectivity index (χ4v) is 1.35. The van der Waals surface area contributed by atoms with Crippen LogP contribution in [0.2, 0.25) is 0 Å². The molecule has 17 heavy (non-hydrogen) atoms. The zero-order valence-electron chi connectivity index (χ0n) is 8.35. The maximum atomic E-state index is 12.6. The Labute approximate surface area is 91.9 Å². The number of carboxylic acid groups (broad SMARTS) is 1. The number of aromatic carboxylic acids is 1. The number of pyridine rings is 1. The highest BCUT2D eigenvalue weighted by molar-refractivity contribution is 5.91. The highest BCUT2D eigenvalue weighted by atomic mass is 19.4. The van der Waals surface area contributed by atoms with Crippen LogP contribution in [0.5, 0.6) is 0 Å². The van der Waals surface area contributed by atoms with Crippen molar-refractivity contribution in [2.24, 2.45) is 0 Å². The van der Waals surface area contributed by atoms with E-state index in [9.17, 15) is 26.7 Å². The summed E-state index contributed by atoms with van der Waals surface area (Å²) in [7, 11) is 0. The SMILES string of the molecule is Cc1ncc(C(F)(F)F)c(C(F)F)c1C(=O)O. The monoisotopic (exact) mass is 255 g/mol. The Morgan fingerprint density at radius 2 is 1.94 bits per heavy atom. The van der Waals surface area contributed by atoms with E-state index < -0.39 is 35.3 Å². The number of hydrogen-bond acceptors (Lipinski definition) is 2. The molecular formula is C9H6F5NO2. The Hall–Kier alpha value is -1.73. The third-order valence-corrected chi connectivity index (χ3v) is 2.05. The highest BCUT2D eigenvalue weighted by Crippen LogP contribution is 2.38. The summed E-state index contributed by atoms with van der Waals surface area (Å²) in [5.74, 6) is -1.86. The van der Waals surface area contributed by atoms with Gasteiger partial charge in [0.2, 0.25) is 0 Å². The second kappa shape index (κ2) is 4.27. The first-order valence-corrected chi connectivity index (χ1v) is 4.24. The van der Waals surface area contributed by atoms with Crippen molar-refractivity contribution >= 4 is 5.97 Å². The summed E-state index contributed by atoms with van der Waals surface area (Å²) in [5, 5.41) is 8.64. The van der Waals surface area contributed by atoms with Crippen molar-refractivity contribution in [3.05, 3.63) is 28.6 Å². The topological polar surface area (TPSA) is 50.2 Å². The minimum Gasteiger partial charge on any atom is -0.478 e. The molecule has 0 saturated heterocycles. The van der Waals surface area contributed by atoms with Gasteiger partial charge in [0.05, 0.1) is 16.8 Å². The van der Waals surface area contributed by atoms with E-state index in [1.54, 1.807) is 0 Å². The summed E-state index contributed by atoms with van der Waals surface area (Å²) in [5.41, 5.74) is -4.76. The van der Waals surface area contributed by atoms with E-state index in [0.29, 0.717) is 0 Å². The maximum Gasteiger partial charge on any atom is 0.418 e. The van der Waals surface area contributed by atoms with E-state index in [2.05, 4.69) is 4.98 Å². The van der Waals surface area contributed by atoms with Gasteiger partial charge in [-0.05, 0) is 6.92 Å². The number of alkyl halides is 5. The van der Waals surface area contributed by atoms with E-state index in [4.69, 9.17) is 5.11 Å². The first kappa shape index (κ1) is 13.3. The van der Waals surface area contributed by atoms with Crippen molar-refractivity contribution in [3.63, 3.8) is 0 Å². The van der Waals surface area contributed by atoms with Crippen molar-refractivity contribution in [2.45, 2.75) is 19.5 Å². The van der Waals surface area contributed by atoms with Gasteiger partial charge in [0.1, 0.15) is 0 Å². The predicted octanol–water partition coefficient (Wildman–Crippen LogP) is 3.04. The molecule has 1 rings (SSSR count). The van der Waals surface area contributed by atoms with Gasteiger partial charge in [-0.25, -0.2) is 13.6 Å². The minimum absolute atomic E-state index is 0.212. The van der Waals surface area contributed by atoms with Gasteiger partial charge >= 0.3 is 12.1 Å². The van der Waals surface area contributed by atoms with Gasteiger partial charge in [0.25, 0.3) is 6.43 Å². The van der Waals surface area contributed by atoms with E-state index in [-0.39, 0.29) is 11.9 Å². The van der Waals surface area contributed by atoms with Crippen molar-refractivity contribution in [3.8, 4) is 0 Å². The number of carbonyl (C=O) groups is 1. The van der Waals surface area contributed by atoms with Crippen molar-refractivity contribution in [1.82, 2.24) is 4.98 Å². The molecule has 0 amide bonds. The number of carboxylic acids is 1. The van der Waals surface area contributed by atoms with E-state index in [0.717, 1.165) is 6.92 Å². The number of nitrogens with zero attached hydrogens (tertiary/aromatic N) is 1. The average Bonchev–Trinajstić information content (AvgIpc) is 2.14. The van der Waals surface area contributed by atoms with Gasteiger partial charge in [0.15, 0.2) is 0 Å². The van der Waals surface area contributed by atoms with E-state index in [1.807, 2.05) is 0 Å². The molecule has 0 atom stereocenters. The van der Waals surface area contributed by atoms with Crippen LogP contribution in [0.3, 0.4) is 0 Å². The van der Waals surface area contributed by atoms with E-state index >= 15 is 0 Å². The van der Waals surface area contributed by atoms with Crippen molar-refractivity contribution in [1.29, 1.82) is 0 Å². The Bertz CT molecular complexity index is 455. The summed E-state index contributed by atoms with van der Waals surface area (Å²) < 4.78 is 62.4. The van der Waals surface area contributed by atoms with Crippen LogP contribution in [0.25, 0.3) is 0 Å². The van der Waals surface area contributed by atoms with Crippen LogP contribution >= 0.6 is 0 Å². The molecule has 0 aromatic carbocycles. The normalized spacial score (nSPS) is 11.9. The third kappa shape index (κ3) is 2.51. The molecule has 1 N–H and O–H groups in total. The smallest absolute Gasteiger partial charge is 0.418 e. The third-order valence-electron chi connectivity index (χ3n) is 2.05. The number of hydrogen-bond donors (Lipinski definition) is 1. The van der Waals surface area contributed by atoms with Crippen LogP contribution in [0, 0.1) is 6.92 Å². The lowest BCUT2D eigenvalue weighted by Crippen LogP contribution is -2.16. The molecular weight excluding hydrogens is 249 g/mol. The lowest BCUT2D eigenvalue weighted by Gasteiger charge is -2.15. The fraction of sp³-hybridized carbons (Fsp3) is 0.333. The fourth-order valence-electron chi connectivity index (χ4n) is 1.35. The molecule has 0 aliphatic heterocycles. The zero-order valence-corrected chi connectivity index (χ0v) is 8.35. The maximum absolute atomic E-state index is 12.6. The Kier molecular flexibility index (Phi) is 3.35. The molecule has 0 aliphatic rings. The quantitative estimate of drug-likeness (QED) is 0.826. The zero-order chi connectivity index (χ0) is 13.4. The molecule has 8 heteroatoms. The molecule has 3 nitrogen and oxygen atoms in total. The van der Waals surface area contributed by atoms with Gasteiger partial charge in [-0.1, -0.05) is 0 Å². The summed E-state index contributed by atoms with van der Waals surface area (Å²) in [4.78, 5) is 13.9. The second-order valence-corrected chi connectivity index (χ2v) is 3.15. The largest absolute Gasteiger partial charge is 0.478 e. The molecule has 0 radical (unpaired) electrons. The summed E-state index contributed by atoms with van der Waals surface area (Å²) in [6, 6.07) is 0. The molecule has 0 fully saturated rings. The Balaban J connectivity index is 3.65. The van der Waals surface area contributed by atoms with Crippen LogP contribution in [0.1, 0.15) is 33.6 Å². The first-order chi connectivity index (χ1) is 7.66. The Morgan fingerprint density at radius 3 is 2.29 bits per heavy atom. The number of aryl methyl sites for hydroxylation is 1. The second-order valence-electron chi connectivity index (χ2n) is 3.15. The van der Waals surface area contributed by atoms with Crippen LogP contribution in [-0.4, -0.2) is 16.1 Å². The van der Waals surface area contributed by atoms with Gasteiger partial charge in [-0.2, -0.15) is 13.2 Å². The molecule has 0 saturated carbocycles. The lowest BCUT2D eigenvalue weighted by molar-refractivity contribution is -0.139. The average molecular weight is 255 g/mol. The molecule has 1 heterocycles. The van der Waals surface area contributed by atoms with Gasteiger partial charge in [-0.15, -0.1) is 0 Å². The van der Waals surface area contributed by atoms with Crippen molar-refractivity contribution in [2.75, 3.05) is 0 Å². The summed E-state index contributed by atoms with van der Waals surface area (Å²) in [6.07, 6.45) is -8.40. The van der Waals surface area contributed by atoms with Gasteiger partial charge in [0, 0.05) is 11.8 Å². The van der Waals surface area contributed by atoms with Crippen LogP contribution in [-0.2, 0) is 6.18 Å². The number of rotatable bonds is 2. The van der Waals surface area contributed by atoms with Gasteiger partial charge < -0.3 is 5.11 Å². The van der Waals surface area contributed by atoms with Gasteiger partial charge in [-0.3, -0.25) is 4.98 Å². The molecule has 0 unspecified atom stereocenters. The number of aromatic nitrogens is 1. The summed E-state index contributed by atoms with van der Waals surface area (Å²) >= 11 is 0. The van der Waals surface area contributed by atoms with Crippen LogP contribution in [0.4, 0.5) is 22.0 Å².